The van der Waals surface area contributed by atoms with Crippen LogP contribution in [0, 0.1) is 17.1 Å². The molecule has 32 heavy (non-hydrogen) atoms. The normalized spacial score (nSPS) is 23.4. The van der Waals surface area contributed by atoms with Crippen LogP contribution < -0.4 is 5.73 Å². The van der Waals surface area contributed by atoms with Crippen LogP contribution in [0.25, 0.3) is 0 Å². The van der Waals surface area contributed by atoms with E-state index in [-0.39, 0.29) is 28.3 Å². The molecule has 1 aromatic carbocycles. The summed E-state index contributed by atoms with van der Waals surface area (Å²) in [6.45, 7) is 1.56. The lowest BCUT2D eigenvalue weighted by molar-refractivity contribution is -0.249. The van der Waals surface area contributed by atoms with Crippen LogP contribution in [-0.4, -0.2) is 35.0 Å². The second-order valence-electron chi connectivity index (χ2n) is 7.67. The van der Waals surface area contributed by atoms with E-state index in [1.807, 2.05) is 6.07 Å². The molecule has 0 aliphatic carbocycles. The standard InChI is InChI=1S/C21H17ClF4N4O2/c1-19(10-32-20(2,18(28)30-19)21(24,25)26)13-5-11(3-4-15(13)23)7-16(31)17-14(22)6-12(8-27)9-29-17/h3-6,9H,7,10H2,1-2H3,(H2,28,30)/t19-,20+/m0/s1. The molecule has 0 saturated carbocycles. The van der Waals surface area contributed by atoms with Gasteiger partial charge in [-0.2, -0.15) is 18.4 Å². The van der Waals surface area contributed by atoms with Crippen molar-refractivity contribution in [2.75, 3.05) is 6.61 Å². The van der Waals surface area contributed by atoms with Gasteiger partial charge in [0.25, 0.3) is 0 Å². The fraction of sp³-hybridized carbons (Fsp3) is 0.333. The Kier molecular flexibility index (Phi) is 6.02. The van der Waals surface area contributed by atoms with E-state index < -0.39 is 41.4 Å². The number of aliphatic imine (C=N–C) groups is 1. The van der Waals surface area contributed by atoms with E-state index in [2.05, 4.69) is 9.98 Å². The molecule has 0 bridgehead atoms. The van der Waals surface area contributed by atoms with Gasteiger partial charge in [0.1, 0.15) is 29.0 Å². The molecular formula is C21H17ClF4N4O2. The summed E-state index contributed by atoms with van der Waals surface area (Å²) in [5.41, 5.74) is 1.66. The Morgan fingerprint density at radius 3 is 2.59 bits per heavy atom. The second-order valence-corrected chi connectivity index (χ2v) is 8.08. The van der Waals surface area contributed by atoms with Gasteiger partial charge in [-0.15, -0.1) is 0 Å². The minimum Gasteiger partial charge on any atom is -0.385 e. The first-order valence-corrected chi connectivity index (χ1v) is 9.63. The predicted molar refractivity (Wildman–Crippen MR) is 108 cm³/mol. The molecule has 0 spiro atoms. The van der Waals surface area contributed by atoms with Crippen LogP contribution in [-0.2, 0) is 16.7 Å². The number of aromatic nitrogens is 1. The Hall–Kier alpha value is -3.03. The van der Waals surface area contributed by atoms with Gasteiger partial charge in [0.05, 0.1) is 17.2 Å². The van der Waals surface area contributed by atoms with Crippen molar-refractivity contribution in [2.45, 2.75) is 37.6 Å². The highest BCUT2D eigenvalue weighted by Crippen LogP contribution is 2.41. The van der Waals surface area contributed by atoms with Crippen LogP contribution in [0.3, 0.4) is 0 Å². The number of alkyl halides is 3. The number of nitrogens with two attached hydrogens (primary N) is 1. The Labute approximate surface area is 185 Å². The maximum atomic E-state index is 14.6. The number of nitriles is 1. The highest BCUT2D eigenvalue weighted by atomic mass is 35.5. The average Bonchev–Trinajstić information content (AvgIpc) is 2.71. The first-order valence-electron chi connectivity index (χ1n) is 9.25. The number of hydrogen-bond donors (Lipinski definition) is 1. The van der Waals surface area contributed by atoms with Crippen LogP contribution in [0.4, 0.5) is 17.6 Å². The molecule has 0 radical (unpaired) electrons. The minimum absolute atomic E-state index is 0.00663. The molecule has 3 rings (SSSR count). The Bertz CT molecular complexity index is 1160. The summed E-state index contributed by atoms with van der Waals surface area (Å²) >= 11 is 6.01. The molecule has 2 atom stereocenters. The number of carbonyl (C=O) groups is 1. The molecule has 6 nitrogen and oxygen atoms in total. The van der Waals surface area contributed by atoms with E-state index in [0.717, 1.165) is 13.0 Å². The topological polar surface area (TPSA) is 101 Å². The number of Topliss-reactive ketones (excluding diaryl/α,β-unsaturated/α-hetero) is 1. The van der Waals surface area contributed by atoms with Crippen molar-refractivity contribution in [1.82, 2.24) is 4.98 Å². The quantitative estimate of drug-likeness (QED) is 0.538. The molecule has 0 unspecified atom stereocenters. The number of rotatable bonds is 4. The van der Waals surface area contributed by atoms with Gasteiger partial charge in [-0.05, 0) is 37.6 Å². The molecule has 2 N–H and O–H groups in total. The lowest BCUT2D eigenvalue weighted by Gasteiger charge is -2.41. The van der Waals surface area contributed by atoms with E-state index in [0.29, 0.717) is 5.56 Å². The zero-order chi connectivity index (χ0) is 23.9. The molecule has 1 aromatic heterocycles. The zero-order valence-electron chi connectivity index (χ0n) is 16.9. The number of carbonyl (C=O) groups excluding carboxylic acids is 1. The predicted octanol–water partition coefficient (Wildman–Crippen LogP) is 4.09. The van der Waals surface area contributed by atoms with Gasteiger partial charge in [-0.1, -0.05) is 17.7 Å². The molecule has 1 aliphatic rings. The highest BCUT2D eigenvalue weighted by molar-refractivity contribution is 6.33. The summed E-state index contributed by atoms with van der Waals surface area (Å²) in [7, 11) is 0. The number of nitrogens with zero attached hydrogens (tertiary/aromatic N) is 3. The molecule has 0 fully saturated rings. The number of hydrogen-bond acceptors (Lipinski definition) is 6. The van der Waals surface area contributed by atoms with E-state index in [9.17, 15) is 22.4 Å². The van der Waals surface area contributed by atoms with Crippen LogP contribution in [0.2, 0.25) is 5.02 Å². The number of pyridine rings is 1. The van der Waals surface area contributed by atoms with Crippen molar-refractivity contribution in [2.24, 2.45) is 10.7 Å². The van der Waals surface area contributed by atoms with E-state index >= 15 is 0 Å². The van der Waals surface area contributed by atoms with Crippen LogP contribution in [0.15, 0.2) is 35.5 Å². The third-order valence-electron chi connectivity index (χ3n) is 5.25. The number of ether oxygens (including phenoxy) is 1. The third kappa shape index (κ3) is 4.18. The number of halogens is 5. The van der Waals surface area contributed by atoms with Crippen molar-refractivity contribution >= 4 is 23.2 Å². The van der Waals surface area contributed by atoms with Gasteiger partial charge in [-0.25, -0.2) is 4.39 Å². The van der Waals surface area contributed by atoms with Crippen LogP contribution in [0.1, 0.15) is 41.0 Å². The molecule has 2 heterocycles. The molecule has 168 valence electrons. The maximum absolute atomic E-state index is 14.6. The van der Waals surface area contributed by atoms with Crippen LogP contribution >= 0.6 is 11.6 Å². The van der Waals surface area contributed by atoms with Gasteiger partial charge in [0.2, 0.25) is 5.60 Å². The Morgan fingerprint density at radius 2 is 2.03 bits per heavy atom. The molecule has 1 aliphatic heterocycles. The average molecular weight is 469 g/mol. The number of benzene rings is 1. The lowest BCUT2D eigenvalue weighted by atomic mass is 9.88. The van der Waals surface area contributed by atoms with Gasteiger partial charge in [0, 0.05) is 18.2 Å². The zero-order valence-corrected chi connectivity index (χ0v) is 17.7. The van der Waals surface area contributed by atoms with Crippen molar-refractivity contribution in [3.63, 3.8) is 0 Å². The van der Waals surface area contributed by atoms with Gasteiger partial charge >= 0.3 is 6.18 Å². The molecular weight excluding hydrogens is 452 g/mol. The summed E-state index contributed by atoms with van der Waals surface area (Å²) in [4.78, 5) is 20.4. The monoisotopic (exact) mass is 468 g/mol. The smallest absolute Gasteiger partial charge is 0.385 e. The Balaban J connectivity index is 1.93. The number of ketones is 1. The fourth-order valence-corrected chi connectivity index (χ4v) is 3.47. The van der Waals surface area contributed by atoms with Crippen molar-refractivity contribution in [3.8, 4) is 6.07 Å². The molecule has 2 aromatic rings. The maximum Gasteiger partial charge on any atom is 0.424 e. The van der Waals surface area contributed by atoms with Crippen LogP contribution in [0.5, 0.6) is 0 Å². The highest BCUT2D eigenvalue weighted by Gasteiger charge is 2.59. The van der Waals surface area contributed by atoms with Gasteiger partial charge < -0.3 is 10.5 Å². The summed E-state index contributed by atoms with van der Waals surface area (Å²) < 4.78 is 59.6. The molecule has 0 amide bonds. The Morgan fingerprint density at radius 1 is 1.34 bits per heavy atom. The minimum atomic E-state index is -4.80. The summed E-state index contributed by atoms with van der Waals surface area (Å²) in [6, 6.07) is 6.91. The summed E-state index contributed by atoms with van der Waals surface area (Å²) in [5.74, 6) is -2.06. The summed E-state index contributed by atoms with van der Waals surface area (Å²) in [5, 5.41) is 8.86. The van der Waals surface area contributed by atoms with Crippen molar-refractivity contribution in [1.29, 1.82) is 5.26 Å². The SMILES string of the molecule is C[C@@]1(c2cc(CC(=O)c3ncc(C#N)cc3Cl)ccc2F)CO[C@@](C)(C(F)(F)F)C(N)=N1. The van der Waals surface area contributed by atoms with Gasteiger partial charge in [-0.3, -0.25) is 14.8 Å². The van der Waals surface area contributed by atoms with Gasteiger partial charge in [0.15, 0.2) is 5.78 Å². The lowest BCUT2D eigenvalue weighted by Crippen LogP contribution is -2.60. The van der Waals surface area contributed by atoms with E-state index in [1.54, 1.807) is 0 Å². The first-order chi connectivity index (χ1) is 14.8. The van der Waals surface area contributed by atoms with Crippen molar-refractivity contribution < 1.29 is 27.1 Å². The van der Waals surface area contributed by atoms with Crippen molar-refractivity contribution in [3.05, 3.63) is 63.7 Å². The third-order valence-corrected chi connectivity index (χ3v) is 5.54. The molecule has 11 heteroatoms. The fourth-order valence-electron chi connectivity index (χ4n) is 3.20. The largest absolute Gasteiger partial charge is 0.424 e. The first kappa shape index (κ1) is 23.6. The van der Waals surface area contributed by atoms with E-state index in [1.165, 1.54) is 31.3 Å². The summed E-state index contributed by atoms with van der Waals surface area (Å²) in [6.07, 6.45) is -3.82. The molecule has 0 saturated heterocycles. The van der Waals surface area contributed by atoms with E-state index in [4.69, 9.17) is 27.3 Å². The second kappa shape index (κ2) is 8.15. The number of amidine groups is 1.